The maximum Gasteiger partial charge on any atom is 0.319 e. The van der Waals surface area contributed by atoms with Crippen LogP contribution in [0, 0.1) is 5.92 Å². The third-order valence-corrected chi connectivity index (χ3v) is 5.36. The Morgan fingerprint density at radius 3 is 2.48 bits per heavy atom. The highest BCUT2D eigenvalue weighted by Crippen LogP contribution is 2.27. The van der Waals surface area contributed by atoms with E-state index in [4.69, 9.17) is 0 Å². The van der Waals surface area contributed by atoms with Crippen molar-refractivity contribution >= 4 is 11.7 Å². The first-order valence-corrected chi connectivity index (χ1v) is 9.09. The van der Waals surface area contributed by atoms with Crippen LogP contribution >= 0.6 is 0 Å². The van der Waals surface area contributed by atoms with Crippen LogP contribution < -0.4 is 10.6 Å². The van der Waals surface area contributed by atoms with Crippen LogP contribution in [0.4, 0.5) is 10.5 Å². The fourth-order valence-electron chi connectivity index (χ4n) is 3.93. The van der Waals surface area contributed by atoms with Crippen LogP contribution in [0.3, 0.4) is 0 Å². The van der Waals surface area contributed by atoms with Gasteiger partial charge in [-0.15, -0.1) is 0 Å². The Kier molecular flexibility index (Phi) is 5.55. The van der Waals surface area contributed by atoms with E-state index in [1.54, 1.807) is 0 Å². The van der Waals surface area contributed by atoms with Crippen molar-refractivity contribution in [2.45, 2.75) is 57.5 Å². The smallest absolute Gasteiger partial charge is 0.319 e. The normalized spacial score (nSPS) is 26.7. The maximum atomic E-state index is 12.3. The van der Waals surface area contributed by atoms with E-state index in [9.17, 15) is 4.79 Å². The van der Waals surface area contributed by atoms with Crippen molar-refractivity contribution < 1.29 is 4.79 Å². The molecule has 0 aromatic heterocycles. The van der Waals surface area contributed by atoms with Gasteiger partial charge in [-0.05, 0) is 56.8 Å². The van der Waals surface area contributed by atoms with Gasteiger partial charge >= 0.3 is 6.03 Å². The zero-order chi connectivity index (χ0) is 16.1. The lowest BCUT2D eigenvalue weighted by atomic mass is 9.87. The second-order valence-corrected chi connectivity index (χ2v) is 7.14. The fraction of sp³-hybridized carbons (Fsp3) is 0.632. The van der Waals surface area contributed by atoms with Gasteiger partial charge in [0.2, 0.25) is 0 Å². The molecule has 1 heterocycles. The highest BCUT2D eigenvalue weighted by Gasteiger charge is 2.32. The summed E-state index contributed by atoms with van der Waals surface area (Å²) in [6, 6.07) is 10.4. The summed E-state index contributed by atoms with van der Waals surface area (Å²) in [7, 11) is 0. The number of carbonyl (C=O) groups is 1. The number of hydrogen-bond donors (Lipinski definition) is 2. The molecule has 1 aromatic rings. The lowest BCUT2D eigenvalue weighted by molar-refractivity contribution is 0.0893. The fourth-order valence-corrected chi connectivity index (χ4v) is 3.93. The molecule has 1 aromatic carbocycles. The highest BCUT2D eigenvalue weighted by atomic mass is 16.2. The summed E-state index contributed by atoms with van der Waals surface area (Å²) < 4.78 is 0. The first-order valence-electron chi connectivity index (χ1n) is 9.09. The van der Waals surface area contributed by atoms with E-state index in [1.165, 1.54) is 45.2 Å². The van der Waals surface area contributed by atoms with E-state index in [0.29, 0.717) is 6.04 Å². The Morgan fingerprint density at radius 1 is 1.04 bits per heavy atom. The van der Waals surface area contributed by atoms with E-state index in [0.717, 1.165) is 18.0 Å². The zero-order valence-electron chi connectivity index (χ0n) is 14.1. The van der Waals surface area contributed by atoms with Crippen LogP contribution in [-0.2, 0) is 0 Å². The Balaban J connectivity index is 1.57. The number of hydrogen-bond acceptors (Lipinski definition) is 2. The predicted molar refractivity (Wildman–Crippen MR) is 94.6 cm³/mol. The van der Waals surface area contributed by atoms with Crippen molar-refractivity contribution in [1.29, 1.82) is 0 Å². The van der Waals surface area contributed by atoms with Gasteiger partial charge in [0.1, 0.15) is 0 Å². The van der Waals surface area contributed by atoms with Crippen LogP contribution in [0.25, 0.3) is 0 Å². The third kappa shape index (κ3) is 4.47. The summed E-state index contributed by atoms with van der Waals surface area (Å²) in [5.41, 5.74) is 0.851. The number of likely N-dealkylation sites (tertiary alicyclic amines) is 1. The average molecular weight is 315 g/mol. The SMILES string of the molecule is CC1CCN([C@H]2CCCC[C@@H]2NC(=O)Nc2ccccc2)CC1. The molecule has 0 radical (unpaired) electrons. The van der Waals surface area contributed by atoms with Crippen LogP contribution in [0.15, 0.2) is 30.3 Å². The summed E-state index contributed by atoms with van der Waals surface area (Å²) in [4.78, 5) is 14.9. The molecule has 1 saturated carbocycles. The molecule has 126 valence electrons. The Labute approximate surface area is 139 Å². The largest absolute Gasteiger partial charge is 0.334 e. The Hall–Kier alpha value is -1.55. The number of nitrogens with one attached hydrogen (secondary N) is 2. The minimum atomic E-state index is -0.0709. The summed E-state index contributed by atoms with van der Waals surface area (Å²) in [5.74, 6) is 0.850. The molecule has 23 heavy (non-hydrogen) atoms. The van der Waals surface area contributed by atoms with Gasteiger partial charge in [-0.1, -0.05) is 38.0 Å². The van der Waals surface area contributed by atoms with Crippen molar-refractivity contribution in [1.82, 2.24) is 10.2 Å². The molecule has 0 spiro atoms. The second-order valence-electron chi connectivity index (χ2n) is 7.14. The van der Waals surface area contributed by atoms with Crippen LogP contribution in [0.1, 0.15) is 45.4 Å². The van der Waals surface area contributed by atoms with E-state index >= 15 is 0 Å². The molecule has 0 bridgehead atoms. The van der Waals surface area contributed by atoms with E-state index in [2.05, 4.69) is 22.5 Å². The molecular formula is C19H29N3O. The number of para-hydroxylation sites is 1. The van der Waals surface area contributed by atoms with Gasteiger partial charge in [0, 0.05) is 17.8 Å². The van der Waals surface area contributed by atoms with E-state index in [-0.39, 0.29) is 12.1 Å². The molecule has 4 heteroatoms. The quantitative estimate of drug-likeness (QED) is 0.890. The minimum Gasteiger partial charge on any atom is -0.334 e. The van der Waals surface area contributed by atoms with Gasteiger partial charge in [-0.2, -0.15) is 0 Å². The van der Waals surface area contributed by atoms with Crippen LogP contribution in [0.2, 0.25) is 0 Å². The van der Waals surface area contributed by atoms with Gasteiger partial charge in [-0.25, -0.2) is 4.79 Å². The molecule has 1 saturated heterocycles. The molecule has 2 atom stereocenters. The number of piperidine rings is 1. The molecule has 2 fully saturated rings. The van der Waals surface area contributed by atoms with Gasteiger partial charge in [0.25, 0.3) is 0 Å². The van der Waals surface area contributed by atoms with Crippen LogP contribution in [-0.4, -0.2) is 36.1 Å². The third-order valence-electron chi connectivity index (χ3n) is 5.36. The first kappa shape index (κ1) is 16.3. The molecule has 0 unspecified atom stereocenters. The molecule has 1 aliphatic carbocycles. The minimum absolute atomic E-state index is 0.0709. The Bertz CT molecular complexity index is 497. The molecule has 4 nitrogen and oxygen atoms in total. The van der Waals surface area contributed by atoms with Crippen molar-refractivity contribution in [2.24, 2.45) is 5.92 Å². The summed E-state index contributed by atoms with van der Waals surface area (Å²) in [6.45, 7) is 4.72. The number of amides is 2. The van der Waals surface area contributed by atoms with Gasteiger partial charge in [0.15, 0.2) is 0 Å². The van der Waals surface area contributed by atoms with Crippen molar-refractivity contribution in [3.8, 4) is 0 Å². The molecule has 3 rings (SSSR count). The van der Waals surface area contributed by atoms with Crippen molar-refractivity contribution in [2.75, 3.05) is 18.4 Å². The monoisotopic (exact) mass is 315 g/mol. The number of benzene rings is 1. The van der Waals surface area contributed by atoms with Crippen LogP contribution in [0.5, 0.6) is 0 Å². The van der Waals surface area contributed by atoms with E-state index < -0.39 is 0 Å². The maximum absolute atomic E-state index is 12.3. The van der Waals surface area contributed by atoms with Crippen molar-refractivity contribution in [3.63, 3.8) is 0 Å². The van der Waals surface area contributed by atoms with Gasteiger partial charge in [0.05, 0.1) is 0 Å². The standard InChI is InChI=1S/C19H29N3O/c1-15-11-13-22(14-12-15)18-10-6-5-9-17(18)21-19(23)20-16-7-3-2-4-8-16/h2-4,7-8,15,17-18H,5-6,9-14H2,1H3,(H2,20,21,23)/t17-,18-/m0/s1. The molecule has 2 aliphatic rings. The average Bonchev–Trinajstić information content (AvgIpc) is 2.57. The topological polar surface area (TPSA) is 44.4 Å². The molecular weight excluding hydrogens is 286 g/mol. The highest BCUT2D eigenvalue weighted by molar-refractivity contribution is 5.89. The predicted octanol–water partition coefficient (Wildman–Crippen LogP) is 3.85. The molecule has 1 aliphatic heterocycles. The lowest BCUT2D eigenvalue weighted by Gasteiger charge is -2.43. The number of urea groups is 1. The summed E-state index contributed by atoms with van der Waals surface area (Å²) in [6.07, 6.45) is 7.40. The number of anilines is 1. The summed E-state index contributed by atoms with van der Waals surface area (Å²) in [5, 5.41) is 6.19. The second kappa shape index (κ2) is 7.82. The molecule has 2 amide bonds. The first-order chi connectivity index (χ1) is 11.2. The van der Waals surface area contributed by atoms with Crippen molar-refractivity contribution in [3.05, 3.63) is 30.3 Å². The number of nitrogens with zero attached hydrogens (tertiary/aromatic N) is 1. The number of carbonyl (C=O) groups excluding carboxylic acids is 1. The molecule has 2 N–H and O–H groups in total. The zero-order valence-corrected chi connectivity index (χ0v) is 14.1. The summed E-state index contributed by atoms with van der Waals surface area (Å²) >= 11 is 0. The number of rotatable bonds is 3. The Morgan fingerprint density at radius 2 is 1.74 bits per heavy atom. The van der Waals surface area contributed by atoms with Gasteiger partial charge < -0.3 is 10.6 Å². The lowest BCUT2D eigenvalue weighted by Crippen LogP contribution is -2.55. The van der Waals surface area contributed by atoms with Gasteiger partial charge in [-0.3, -0.25) is 4.90 Å². The van der Waals surface area contributed by atoms with E-state index in [1.807, 2.05) is 30.3 Å².